The molecule has 8 heteroatoms. The molecule has 0 amide bonds. The topological polar surface area (TPSA) is 34.2 Å². The van der Waals surface area contributed by atoms with Gasteiger partial charge in [0.25, 0.3) is 0 Å². The van der Waals surface area contributed by atoms with Crippen molar-refractivity contribution in [3.63, 3.8) is 0 Å². The molecule has 2 atom stereocenters. The number of aryl methyl sites for hydroxylation is 1. The summed E-state index contributed by atoms with van der Waals surface area (Å²) in [5.74, 6) is -4.39. The van der Waals surface area contributed by atoms with Crippen LogP contribution in [0.1, 0.15) is 30.6 Å². The molecule has 0 fully saturated rings. The SMILES string of the molecule is CCC(C(Nc1cccc2nc(C)ccc12)c1cc(F)cc(F)c1OC)C(F)(F)F. The first-order chi connectivity index (χ1) is 14.2. The summed E-state index contributed by atoms with van der Waals surface area (Å²) >= 11 is 0. The highest BCUT2D eigenvalue weighted by atomic mass is 19.4. The standard InChI is InChI=1S/C22H21F5N2O/c1-4-16(22(25,26)27)20(15-10-13(23)11-17(24)21(15)30-3)29-19-7-5-6-18-14(19)9-8-12(2)28-18/h5-11,16,20,29H,4H2,1-3H3. The highest BCUT2D eigenvalue weighted by Gasteiger charge is 2.45. The molecule has 160 valence electrons. The molecule has 0 radical (unpaired) electrons. The number of methoxy groups -OCH3 is 1. The lowest BCUT2D eigenvalue weighted by molar-refractivity contribution is -0.179. The number of anilines is 1. The van der Waals surface area contributed by atoms with Crippen LogP contribution in [0, 0.1) is 24.5 Å². The second-order valence-corrected chi connectivity index (χ2v) is 7.01. The van der Waals surface area contributed by atoms with Gasteiger partial charge in [0.05, 0.1) is 24.6 Å². The summed E-state index contributed by atoms with van der Waals surface area (Å²) in [6, 6.07) is 8.47. The summed E-state index contributed by atoms with van der Waals surface area (Å²) in [6.45, 7) is 3.18. The van der Waals surface area contributed by atoms with Crippen LogP contribution in [0.3, 0.4) is 0 Å². The number of hydrogen-bond donors (Lipinski definition) is 1. The minimum atomic E-state index is -4.61. The zero-order chi connectivity index (χ0) is 22.1. The van der Waals surface area contributed by atoms with Gasteiger partial charge in [-0.15, -0.1) is 0 Å². The molecule has 1 aromatic heterocycles. The minimum absolute atomic E-state index is 0.240. The van der Waals surface area contributed by atoms with E-state index in [0.717, 1.165) is 18.9 Å². The van der Waals surface area contributed by atoms with Crippen LogP contribution in [0.25, 0.3) is 10.9 Å². The normalized spacial score (nSPS) is 13.9. The number of halogens is 5. The quantitative estimate of drug-likeness (QED) is 0.455. The van der Waals surface area contributed by atoms with E-state index in [1.807, 2.05) is 0 Å². The molecule has 0 aliphatic carbocycles. The molecular formula is C22H21F5N2O. The highest BCUT2D eigenvalue weighted by molar-refractivity contribution is 5.91. The lowest BCUT2D eigenvalue weighted by atomic mass is 9.89. The largest absolute Gasteiger partial charge is 0.493 e. The van der Waals surface area contributed by atoms with E-state index in [1.165, 1.54) is 6.92 Å². The van der Waals surface area contributed by atoms with Crippen molar-refractivity contribution in [3.05, 3.63) is 65.4 Å². The molecule has 0 aliphatic rings. The Morgan fingerprint density at radius 1 is 1.10 bits per heavy atom. The van der Waals surface area contributed by atoms with Gasteiger partial charge in [0.1, 0.15) is 5.82 Å². The second kappa shape index (κ2) is 8.45. The predicted molar refractivity (Wildman–Crippen MR) is 106 cm³/mol. The maximum absolute atomic E-state index is 14.3. The Bertz CT molecular complexity index is 1050. The number of nitrogens with zero attached hydrogens (tertiary/aromatic N) is 1. The van der Waals surface area contributed by atoms with Crippen molar-refractivity contribution in [1.29, 1.82) is 0 Å². The fourth-order valence-corrected chi connectivity index (χ4v) is 3.63. The lowest BCUT2D eigenvalue weighted by Crippen LogP contribution is -2.33. The number of ether oxygens (including phenoxy) is 1. The molecule has 30 heavy (non-hydrogen) atoms. The number of hydrogen-bond acceptors (Lipinski definition) is 3. The van der Waals surface area contributed by atoms with Crippen LogP contribution in [0.2, 0.25) is 0 Å². The van der Waals surface area contributed by atoms with Crippen molar-refractivity contribution in [1.82, 2.24) is 4.98 Å². The van der Waals surface area contributed by atoms with Crippen molar-refractivity contribution in [3.8, 4) is 5.75 Å². The van der Waals surface area contributed by atoms with Crippen molar-refractivity contribution >= 4 is 16.6 Å². The third-order valence-electron chi connectivity index (χ3n) is 5.02. The van der Waals surface area contributed by atoms with Crippen molar-refractivity contribution in [2.24, 2.45) is 5.92 Å². The van der Waals surface area contributed by atoms with Gasteiger partial charge in [-0.3, -0.25) is 4.98 Å². The molecule has 2 aromatic carbocycles. The van der Waals surface area contributed by atoms with E-state index < -0.39 is 35.5 Å². The van der Waals surface area contributed by atoms with Crippen LogP contribution in [-0.4, -0.2) is 18.3 Å². The van der Waals surface area contributed by atoms with E-state index in [1.54, 1.807) is 37.3 Å². The molecule has 3 rings (SSSR count). The first-order valence-electron chi connectivity index (χ1n) is 9.38. The van der Waals surface area contributed by atoms with Gasteiger partial charge < -0.3 is 10.1 Å². The summed E-state index contributed by atoms with van der Waals surface area (Å²) in [7, 11) is 1.13. The van der Waals surface area contributed by atoms with E-state index in [2.05, 4.69) is 10.3 Å². The summed E-state index contributed by atoms with van der Waals surface area (Å²) in [5.41, 5.74) is 1.48. The number of nitrogens with one attached hydrogen (secondary N) is 1. The van der Waals surface area contributed by atoms with Gasteiger partial charge in [-0.25, -0.2) is 8.78 Å². The number of fused-ring (bicyclic) bond motifs is 1. The Balaban J connectivity index is 2.20. The van der Waals surface area contributed by atoms with E-state index in [4.69, 9.17) is 4.74 Å². The van der Waals surface area contributed by atoms with Crippen molar-refractivity contribution in [2.75, 3.05) is 12.4 Å². The molecule has 0 spiro atoms. The number of rotatable bonds is 6. The summed E-state index contributed by atoms with van der Waals surface area (Å²) in [6.07, 6.45) is -4.91. The predicted octanol–water partition coefficient (Wildman–Crippen LogP) is 6.57. The molecular weight excluding hydrogens is 403 g/mol. The summed E-state index contributed by atoms with van der Waals surface area (Å²) < 4.78 is 74.9. The molecule has 0 aliphatic heterocycles. The van der Waals surface area contributed by atoms with Crippen molar-refractivity contribution in [2.45, 2.75) is 32.5 Å². The molecule has 3 nitrogen and oxygen atoms in total. The molecule has 1 N–H and O–H groups in total. The van der Waals surface area contributed by atoms with Gasteiger partial charge in [0.2, 0.25) is 0 Å². The average molecular weight is 424 g/mol. The monoisotopic (exact) mass is 424 g/mol. The van der Waals surface area contributed by atoms with Crippen LogP contribution >= 0.6 is 0 Å². The van der Waals surface area contributed by atoms with Gasteiger partial charge in [-0.1, -0.05) is 13.0 Å². The number of benzene rings is 2. The fourth-order valence-electron chi connectivity index (χ4n) is 3.63. The van der Waals surface area contributed by atoms with Gasteiger partial charge in [-0.05, 0) is 43.7 Å². The average Bonchev–Trinajstić information content (AvgIpc) is 2.66. The first kappa shape index (κ1) is 21.8. The second-order valence-electron chi connectivity index (χ2n) is 7.01. The molecule has 0 saturated carbocycles. The Labute approximate surface area is 170 Å². The summed E-state index contributed by atoms with van der Waals surface area (Å²) in [5, 5.41) is 3.47. The van der Waals surface area contributed by atoms with Crippen LogP contribution in [-0.2, 0) is 0 Å². The molecule has 2 unspecified atom stereocenters. The number of pyridine rings is 1. The highest BCUT2D eigenvalue weighted by Crippen LogP contribution is 2.44. The Hall–Kier alpha value is -2.90. The van der Waals surface area contributed by atoms with Gasteiger partial charge in [0.15, 0.2) is 11.6 Å². The van der Waals surface area contributed by atoms with Crippen LogP contribution < -0.4 is 10.1 Å². The Kier molecular flexibility index (Phi) is 6.14. The Morgan fingerprint density at radius 3 is 2.47 bits per heavy atom. The van der Waals surface area contributed by atoms with Crippen LogP contribution in [0.4, 0.5) is 27.6 Å². The maximum atomic E-state index is 14.3. The third-order valence-corrected chi connectivity index (χ3v) is 5.02. The zero-order valence-corrected chi connectivity index (χ0v) is 16.6. The van der Waals surface area contributed by atoms with Crippen molar-refractivity contribution < 1.29 is 26.7 Å². The smallest absolute Gasteiger partial charge is 0.394 e. The van der Waals surface area contributed by atoms with Crippen LogP contribution in [0.15, 0.2) is 42.5 Å². The van der Waals surface area contributed by atoms with Gasteiger partial charge in [-0.2, -0.15) is 13.2 Å². The minimum Gasteiger partial charge on any atom is -0.493 e. The van der Waals surface area contributed by atoms with Gasteiger partial charge >= 0.3 is 6.18 Å². The summed E-state index contributed by atoms with van der Waals surface area (Å²) in [4.78, 5) is 4.39. The number of alkyl halides is 3. The maximum Gasteiger partial charge on any atom is 0.394 e. The molecule has 3 aromatic rings. The fraction of sp³-hybridized carbons (Fsp3) is 0.318. The van der Waals surface area contributed by atoms with E-state index >= 15 is 0 Å². The molecule has 1 heterocycles. The first-order valence-corrected chi connectivity index (χ1v) is 9.38. The van der Waals surface area contributed by atoms with E-state index in [0.29, 0.717) is 22.7 Å². The lowest BCUT2D eigenvalue weighted by Gasteiger charge is -2.31. The third kappa shape index (κ3) is 4.32. The number of aromatic nitrogens is 1. The van der Waals surface area contributed by atoms with Gasteiger partial charge in [0, 0.05) is 28.4 Å². The molecule has 0 saturated heterocycles. The van der Waals surface area contributed by atoms with E-state index in [9.17, 15) is 22.0 Å². The van der Waals surface area contributed by atoms with Crippen LogP contribution in [0.5, 0.6) is 5.75 Å². The zero-order valence-electron chi connectivity index (χ0n) is 16.6. The van der Waals surface area contributed by atoms with E-state index in [-0.39, 0.29) is 12.0 Å². The Morgan fingerprint density at radius 2 is 1.83 bits per heavy atom. The molecule has 0 bridgehead atoms.